The molecule has 0 spiro atoms. The Morgan fingerprint density at radius 1 is 0.957 bits per heavy atom. The summed E-state index contributed by atoms with van der Waals surface area (Å²) in [6.07, 6.45) is 2.43. The summed E-state index contributed by atoms with van der Waals surface area (Å²) in [5.74, 6) is 2.09. The zero-order valence-electron chi connectivity index (χ0n) is 13.8. The van der Waals surface area contributed by atoms with Gasteiger partial charge < -0.3 is 5.32 Å². The number of rotatable bonds is 9. The van der Waals surface area contributed by atoms with Gasteiger partial charge in [-0.25, -0.2) is 0 Å². The van der Waals surface area contributed by atoms with Crippen LogP contribution in [0.15, 0.2) is 54.6 Å². The molecule has 0 aliphatic rings. The number of carbonyl (C=O) groups is 1. The molecule has 0 bridgehead atoms. The highest BCUT2D eigenvalue weighted by Gasteiger charge is 2.02. The molecular formula is C20H25NOS. The Hall–Kier alpha value is -1.74. The van der Waals surface area contributed by atoms with Gasteiger partial charge in [0.15, 0.2) is 0 Å². The van der Waals surface area contributed by atoms with Crippen LogP contribution in [0.5, 0.6) is 0 Å². The van der Waals surface area contributed by atoms with Crippen LogP contribution in [0.25, 0.3) is 0 Å². The number of benzene rings is 2. The summed E-state index contributed by atoms with van der Waals surface area (Å²) in [7, 11) is 0. The summed E-state index contributed by atoms with van der Waals surface area (Å²) in [6.45, 7) is 2.89. The van der Waals surface area contributed by atoms with E-state index in [1.807, 2.05) is 17.8 Å². The quantitative estimate of drug-likeness (QED) is 0.698. The van der Waals surface area contributed by atoms with Gasteiger partial charge in [-0.2, -0.15) is 11.8 Å². The average molecular weight is 327 g/mol. The van der Waals surface area contributed by atoms with Gasteiger partial charge in [-0.1, -0.05) is 61.5 Å². The predicted octanol–water partition coefficient (Wildman–Crippen LogP) is 4.23. The Morgan fingerprint density at radius 2 is 1.65 bits per heavy atom. The van der Waals surface area contributed by atoms with Gasteiger partial charge >= 0.3 is 0 Å². The fraction of sp³-hybridized carbons (Fsp3) is 0.350. The van der Waals surface area contributed by atoms with E-state index in [0.717, 1.165) is 30.9 Å². The fourth-order valence-electron chi connectivity index (χ4n) is 2.31. The number of hydrogen-bond donors (Lipinski definition) is 1. The summed E-state index contributed by atoms with van der Waals surface area (Å²) >= 11 is 1.85. The molecule has 0 aromatic heterocycles. The maximum atomic E-state index is 11.9. The minimum Gasteiger partial charge on any atom is -0.355 e. The average Bonchev–Trinajstić information content (AvgIpc) is 2.61. The van der Waals surface area contributed by atoms with Gasteiger partial charge in [0.1, 0.15) is 0 Å². The highest BCUT2D eigenvalue weighted by molar-refractivity contribution is 7.98. The van der Waals surface area contributed by atoms with E-state index < -0.39 is 0 Å². The van der Waals surface area contributed by atoms with E-state index in [2.05, 4.69) is 60.8 Å². The lowest BCUT2D eigenvalue weighted by molar-refractivity contribution is -0.120. The summed E-state index contributed by atoms with van der Waals surface area (Å²) in [5.41, 5.74) is 3.91. The first kappa shape index (κ1) is 17.6. The zero-order chi connectivity index (χ0) is 16.3. The van der Waals surface area contributed by atoms with Crippen molar-refractivity contribution in [3.63, 3.8) is 0 Å². The minimum absolute atomic E-state index is 0.143. The molecule has 23 heavy (non-hydrogen) atoms. The van der Waals surface area contributed by atoms with Crippen LogP contribution in [0.1, 0.15) is 30.0 Å². The molecule has 1 amide bonds. The summed E-state index contributed by atoms with van der Waals surface area (Å²) in [4.78, 5) is 11.9. The van der Waals surface area contributed by atoms with Crippen LogP contribution < -0.4 is 5.32 Å². The molecule has 0 radical (unpaired) electrons. The first-order valence-corrected chi connectivity index (χ1v) is 9.39. The third kappa shape index (κ3) is 6.91. The number of nitrogens with one attached hydrogen (secondary N) is 1. The molecule has 2 nitrogen and oxygen atoms in total. The third-order valence-electron chi connectivity index (χ3n) is 3.75. The minimum atomic E-state index is 0.143. The van der Waals surface area contributed by atoms with Crippen LogP contribution in [-0.2, 0) is 23.4 Å². The predicted molar refractivity (Wildman–Crippen MR) is 99.8 cm³/mol. The van der Waals surface area contributed by atoms with Gasteiger partial charge in [0.25, 0.3) is 0 Å². The molecular weight excluding hydrogens is 302 g/mol. The molecule has 122 valence electrons. The van der Waals surface area contributed by atoms with Gasteiger partial charge in [-0.15, -0.1) is 0 Å². The Bertz CT molecular complexity index is 580. The lowest BCUT2D eigenvalue weighted by Gasteiger charge is -2.06. The van der Waals surface area contributed by atoms with Crippen molar-refractivity contribution >= 4 is 17.7 Å². The van der Waals surface area contributed by atoms with Crippen molar-refractivity contribution in [2.24, 2.45) is 0 Å². The maximum absolute atomic E-state index is 11.9. The van der Waals surface area contributed by atoms with Crippen LogP contribution >= 0.6 is 11.8 Å². The van der Waals surface area contributed by atoms with E-state index >= 15 is 0 Å². The topological polar surface area (TPSA) is 29.1 Å². The molecule has 3 heteroatoms. The number of hydrogen-bond acceptors (Lipinski definition) is 2. The SMILES string of the molecule is CCc1ccc(CCC(=O)NCCSCc2ccccc2)cc1. The molecule has 1 N–H and O–H groups in total. The van der Waals surface area contributed by atoms with Crippen molar-refractivity contribution in [1.29, 1.82) is 0 Å². The second-order valence-electron chi connectivity index (χ2n) is 5.56. The van der Waals surface area contributed by atoms with Crippen molar-refractivity contribution in [3.8, 4) is 0 Å². The van der Waals surface area contributed by atoms with Crippen LogP contribution in [0.4, 0.5) is 0 Å². The smallest absolute Gasteiger partial charge is 0.220 e. The van der Waals surface area contributed by atoms with Gasteiger partial charge in [-0.3, -0.25) is 4.79 Å². The van der Waals surface area contributed by atoms with Crippen LogP contribution in [0.3, 0.4) is 0 Å². The molecule has 0 saturated carbocycles. The first-order valence-electron chi connectivity index (χ1n) is 8.24. The molecule has 0 fully saturated rings. The van der Waals surface area contributed by atoms with Gasteiger partial charge in [0, 0.05) is 24.5 Å². The van der Waals surface area contributed by atoms with E-state index in [-0.39, 0.29) is 5.91 Å². The molecule has 0 aliphatic carbocycles. The lowest BCUT2D eigenvalue weighted by atomic mass is 10.1. The maximum Gasteiger partial charge on any atom is 0.220 e. The van der Waals surface area contributed by atoms with E-state index in [1.165, 1.54) is 16.7 Å². The summed E-state index contributed by atoms with van der Waals surface area (Å²) in [5, 5.41) is 3.00. The Labute approximate surface area is 143 Å². The molecule has 2 aromatic carbocycles. The van der Waals surface area contributed by atoms with Gasteiger partial charge in [-0.05, 0) is 29.5 Å². The molecule has 0 saturated heterocycles. The molecule has 2 rings (SSSR count). The van der Waals surface area contributed by atoms with Crippen LogP contribution in [0, 0.1) is 0 Å². The second kappa shape index (κ2) is 10.1. The normalized spacial score (nSPS) is 10.5. The van der Waals surface area contributed by atoms with Crippen LogP contribution in [-0.4, -0.2) is 18.2 Å². The number of carbonyl (C=O) groups excluding carboxylic acids is 1. The second-order valence-corrected chi connectivity index (χ2v) is 6.66. The fourth-order valence-corrected chi connectivity index (χ4v) is 3.13. The Kier molecular flexibility index (Phi) is 7.74. The highest BCUT2D eigenvalue weighted by atomic mass is 32.2. The van der Waals surface area contributed by atoms with Crippen molar-refractivity contribution in [2.45, 2.75) is 31.9 Å². The van der Waals surface area contributed by atoms with Crippen molar-refractivity contribution in [1.82, 2.24) is 5.32 Å². The molecule has 0 heterocycles. The number of aryl methyl sites for hydroxylation is 2. The lowest BCUT2D eigenvalue weighted by Crippen LogP contribution is -2.25. The number of amides is 1. The van der Waals surface area contributed by atoms with Crippen molar-refractivity contribution < 1.29 is 4.79 Å². The summed E-state index contributed by atoms with van der Waals surface area (Å²) < 4.78 is 0. The van der Waals surface area contributed by atoms with E-state index in [4.69, 9.17) is 0 Å². The zero-order valence-corrected chi connectivity index (χ0v) is 14.6. The van der Waals surface area contributed by atoms with Crippen molar-refractivity contribution in [3.05, 3.63) is 71.3 Å². The molecule has 0 atom stereocenters. The van der Waals surface area contributed by atoms with Crippen LogP contribution in [0.2, 0.25) is 0 Å². The van der Waals surface area contributed by atoms with Crippen molar-refractivity contribution in [2.75, 3.05) is 12.3 Å². The highest BCUT2D eigenvalue weighted by Crippen LogP contribution is 2.11. The van der Waals surface area contributed by atoms with E-state index in [9.17, 15) is 4.79 Å². The van der Waals surface area contributed by atoms with Gasteiger partial charge in [0.05, 0.1) is 0 Å². The standard InChI is InChI=1S/C20H25NOS/c1-2-17-8-10-18(11-9-17)12-13-20(22)21-14-15-23-16-19-6-4-3-5-7-19/h3-11H,2,12-16H2,1H3,(H,21,22). The third-order valence-corrected chi connectivity index (χ3v) is 4.78. The van der Waals surface area contributed by atoms with Gasteiger partial charge in [0.2, 0.25) is 5.91 Å². The first-order chi connectivity index (χ1) is 11.3. The molecule has 0 unspecified atom stereocenters. The van der Waals surface area contributed by atoms with E-state index in [1.54, 1.807) is 0 Å². The van der Waals surface area contributed by atoms with E-state index in [0.29, 0.717) is 6.42 Å². The summed E-state index contributed by atoms with van der Waals surface area (Å²) in [6, 6.07) is 19.0. The number of thioether (sulfide) groups is 1. The monoisotopic (exact) mass is 327 g/mol. The molecule has 2 aromatic rings. The Morgan fingerprint density at radius 3 is 2.35 bits per heavy atom. The molecule has 0 aliphatic heterocycles. The Balaban J connectivity index is 1.56. The largest absolute Gasteiger partial charge is 0.355 e.